The van der Waals surface area contributed by atoms with Gasteiger partial charge in [-0.3, -0.25) is 14.9 Å². The Labute approximate surface area is 166 Å². The summed E-state index contributed by atoms with van der Waals surface area (Å²) in [6.07, 6.45) is 0. The Hall–Kier alpha value is -2.62. The normalized spacial score (nSPS) is 10.9. The van der Waals surface area contributed by atoms with Crippen molar-refractivity contribution in [1.29, 1.82) is 0 Å². The number of fused-ring (bicyclic) bond motifs is 1. The van der Waals surface area contributed by atoms with E-state index in [-0.39, 0.29) is 11.8 Å². The van der Waals surface area contributed by atoms with Gasteiger partial charge in [-0.2, -0.15) is 0 Å². The van der Waals surface area contributed by atoms with Crippen molar-refractivity contribution in [3.8, 4) is 9.88 Å². The van der Waals surface area contributed by atoms with Gasteiger partial charge in [0.05, 0.1) is 20.8 Å². The Bertz CT molecular complexity index is 1150. The molecule has 27 heavy (non-hydrogen) atoms. The van der Waals surface area contributed by atoms with E-state index < -0.39 is 0 Å². The van der Waals surface area contributed by atoms with Gasteiger partial charge in [0, 0.05) is 12.6 Å². The van der Waals surface area contributed by atoms with Crippen LogP contribution < -0.4 is 10.6 Å². The average Bonchev–Trinajstić information content (AvgIpc) is 3.32. The molecule has 4 aromatic rings. The maximum absolute atomic E-state index is 12.7. The maximum atomic E-state index is 12.7. The summed E-state index contributed by atoms with van der Waals surface area (Å²) in [6, 6.07) is 9.41. The summed E-state index contributed by atoms with van der Waals surface area (Å²) in [6.45, 7) is 3.30. The Morgan fingerprint density at radius 3 is 2.67 bits per heavy atom. The molecule has 2 amide bonds. The summed E-state index contributed by atoms with van der Waals surface area (Å²) in [7, 11) is 0. The molecule has 0 saturated heterocycles. The van der Waals surface area contributed by atoms with Gasteiger partial charge in [-0.05, 0) is 36.6 Å². The molecule has 1 aromatic carbocycles. The first-order valence-electron chi connectivity index (χ1n) is 8.00. The Kier molecular flexibility index (Phi) is 4.73. The van der Waals surface area contributed by atoms with Gasteiger partial charge in [0.15, 0.2) is 5.13 Å². The molecule has 6 nitrogen and oxygen atoms in total. The second-order valence-electron chi connectivity index (χ2n) is 5.75. The fraction of sp³-hybridized carbons (Fsp3) is 0.111. The minimum Gasteiger partial charge on any atom is -0.326 e. The van der Waals surface area contributed by atoms with Gasteiger partial charge < -0.3 is 5.32 Å². The van der Waals surface area contributed by atoms with Crippen LogP contribution in [0.1, 0.15) is 22.3 Å². The standard InChI is InChI=1S/C18H14N4O2S3/c1-9-15(27-17(19-9)13-4-3-7-25-13)16(24)22-18-21-12-6-5-11(20-10(2)23)8-14(12)26-18/h3-8H,1-2H3,(H,20,23)(H,21,22,24). The highest BCUT2D eigenvalue weighted by Crippen LogP contribution is 2.33. The second kappa shape index (κ2) is 7.18. The number of aryl methyl sites for hydroxylation is 1. The molecule has 0 saturated carbocycles. The van der Waals surface area contributed by atoms with E-state index in [1.54, 1.807) is 17.4 Å². The van der Waals surface area contributed by atoms with Crippen LogP contribution in [0, 0.1) is 6.92 Å². The van der Waals surface area contributed by atoms with E-state index >= 15 is 0 Å². The zero-order valence-electron chi connectivity index (χ0n) is 14.4. The number of thiazole rings is 2. The number of nitrogens with one attached hydrogen (secondary N) is 2. The number of hydrogen-bond donors (Lipinski definition) is 2. The van der Waals surface area contributed by atoms with Crippen LogP contribution in [-0.4, -0.2) is 21.8 Å². The first-order chi connectivity index (χ1) is 13.0. The number of benzene rings is 1. The van der Waals surface area contributed by atoms with Crippen LogP contribution in [0.2, 0.25) is 0 Å². The molecule has 4 rings (SSSR count). The second-order valence-corrected chi connectivity index (χ2v) is 8.73. The number of carbonyl (C=O) groups is 2. The van der Waals surface area contributed by atoms with Gasteiger partial charge in [-0.1, -0.05) is 17.4 Å². The number of rotatable bonds is 4. The van der Waals surface area contributed by atoms with Crippen LogP contribution in [-0.2, 0) is 4.79 Å². The molecule has 0 radical (unpaired) electrons. The molecule has 136 valence electrons. The van der Waals surface area contributed by atoms with Gasteiger partial charge in [-0.15, -0.1) is 22.7 Å². The Morgan fingerprint density at radius 2 is 1.93 bits per heavy atom. The van der Waals surface area contributed by atoms with Crippen LogP contribution in [0.25, 0.3) is 20.1 Å². The number of amides is 2. The Morgan fingerprint density at radius 1 is 1.07 bits per heavy atom. The molecule has 9 heteroatoms. The lowest BCUT2D eigenvalue weighted by molar-refractivity contribution is -0.114. The van der Waals surface area contributed by atoms with E-state index in [0.717, 1.165) is 20.1 Å². The lowest BCUT2D eigenvalue weighted by atomic mass is 10.3. The van der Waals surface area contributed by atoms with Crippen molar-refractivity contribution < 1.29 is 9.59 Å². The van der Waals surface area contributed by atoms with Crippen LogP contribution in [0.5, 0.6) is 0 Å². The zero-order valence-corrected chi connectivity index (χ0v) is 16.8. The predicted molar refractivity (Wildman–Crippen MR) is 112 cm³/mol. The first kappa shape index (κ1) is 17.8. The molecule has 0 unspecified atom stereocenters. The molecular weight excluding hydrogens is 400 g/mol. The van der Waals surface area contributed by atoms with Crippen LogP contribution in [0.15, 0.2) is 35.7 Å². The van der Waals surface area contributed by atoms with Gasteiger partial charge >= 0.3 is 0 Å². The number of thiophene rings is 1. The quantitative estimate of drug-likeness (QED) is 0.492. The molecule has 0 aliphatic carbocycles. The number of hydrogen-bond acceptors (Lipinski definition) is 7. The molecule has 0 aliphatic rings. The number of anilines is 2. The SMILES string of the molecule is CC(=O)Nc1ccc2nc(NC(=O)c3sc(-c4cccs4)nc3C)sc2c1. The van der Waals surface area contributed by atoms with Crippen LogP contribution >= 0.6 is 34.0 Å². The smallest absolute Gasteiger partial charge is 0.269 e. The van der Waals surface area contributed by atoms with Crippen LogP contribution in [0.3, 0.4) is 0 Å². The van der Waals surface area contributed by atoms with E-state index in [4.69, 9.17) is 0 Å². The summed E-state index contributed by atoms with van der Waals surface area (Å²) < 4.78 is 0.886. The molecule has 0 aliphatic heterocycles. The van der Waals surface area contributed by atoms with Crippen molar-refractivity contribution in [3.05, 3.63) is 46.3 Å². The summed E-state index contributed by atoms with van der Waals surface area (Å²) in [5.74, 6) is -0.344. The van der Waals surface area contributed by atoms with Gasteiger partial charge in [0.25, 0.3) is 5.91 Å². The topological polar surface area (TPSA) is 84.0 Å². The van der Waals surface area contributed by atoms with Crippen molar-refractivity contribution in [1.82, 2.24) is 9.97 Å². The zero-order chi connectivity index (χ0) is 19.0. The van der Waals surface area contributed by atoms with Gasteiger partial charge in [0.2, 0.25) is 5.91 Å². The first-order valence-corrected chi connectivity index (χ1v) is 10.5. The van der Waals surface area contributed by atoms with Crippen LogP contribution in [0.4, 0.5) is 10.8 Å². The molecular formula is C18H14N4O2S3. The highest BCUT2D eigenvalue weighted by atomic mass is 32.1. The van der Waals surface area contributed by atoms with E-state index in [1.807, 2.05) is 36.6 Å². The molecule has 0 bridgehead atoms. The highest BCUT2D eigenvalue weighted by molar-refractivity contribution is 7.23. The minimum absolute atomic E-state index is 0.130. The molecule has 3 aromatic heterocycles. The highest BCUT2D eigenvalue weighted by Gasteiger charge is 2.18. The van der Waals surface area contributed by atoms with E-state index in [0.29, 0.717) is 21.4 Å². The summed E-state index contributed by atoms with van der Waals surface area (Å²) in [4.78, 5) is 34.5. The van der Waals surface area contributed by atoms with E-state index in [1.165, 1.54) is 29.6 Å². The Balaban J connectivity index is 1.57. The van der Waals surface area contributed by atoms with Crippen molar-refractivity contribution >= 4 is 66.9 Å². The van der Waals surface area contributed by atoms with Crippen molar-refractivity contribution in [2.75, 3.05) is 10.6 Å². The maximum Gasteiger partial charge on any atom is 0.269 e. The fourth-order valence-electron chi connectivity index (χ4n) is 2.53. The third-order valence-electron chi connectivity index (χ3n) is 3.66. The lowest BCUT2D eigenvalue weighted by Gasteiger charge is -1.99. The third kappa shape index (κ3) is 3.75. The number of nitrogens with zero attached hydrogens (tertiary/aromatic N) is 2. The molecule has 0 spiro atoms. The average molecular weight is 415 g/mol. The predicted octanol–water partition coefficient (Wildman–Crippen LogP) is 5.00. The fourth-order valence-corrected chi connectivity index (χ4v) is 5.18. The van der Waals surface area contributed by atoms with Crippen molar-refractivity contribution in [2.24, 2.45) is 0 Å². The third-order valence-corrected chi connectivity index (χ3v) is 6.79. The summed E-state index contributed by atoms with van der Waals surface area (Å²) >= 11 is 4.34. The summed E-state index contributed by atoms with van der Waals surface area (Å²) in [5, 5.41) is 8.95. The number of carbonyl (C=O) groups excluding carboxylic acids is 2. The summed E-state index contributed by atoms with van der Waals surface area (Å²) in [5.41, 5.74) is 2.18. The van der Waals surface area contributed by atoms with Crippen molar-refractivity contribution in [2.45, 2.75) is 13.8 Å². The van der Waals surface area contributed by atoms with E-state index in [9.17, 15) is 9.59 Å². The monoisotopic (exact) mass is 414 g/mol. The molecule has 0 fully saturated rings. The molecule has 0 atom stereocenters. The molecule has 2 N–H and O–H groups in total. The largest absolute Gasteiger partial charge is 0.326 e. The van der Waals surface area contributed by atoms with Gasteiger partial charge in [-0.25, -0.2) is 9.97 Å². The minimum atomic E-state index is -0.214. The van der Waals surface area contributed by atoms with Gasteiger partial charge in [0.1, 0.15) is 9.88 Å². The van der Waals surface area contributed by atoms with E-state index in [2.05, 4.69) is 20.6 Å². The van der Waals surface area contributed by atoms with Crippen molar-refractivity contribution in [3.63, 3.8) is 0 Å². The molecule has 3 heterocycles. The number of aromatic nitrogens is 2. The lowest BCUT2D eigenvalue weighted by Crippen LogP contribution is -2.11.